The third-order valence-electron chi connectivity index (χ3n) is 3.15. The highest BCUT2D eigenvalue weighted by atomic mass is 16.5. The molecule has 0 saturated heterocycles. The Hall–Kier alpha value is -2.30. The van der Waals surface area contributed by atoms with E-state index in [-0.39, 0.29) is 12.6 Å². The maximum absolute atomic E-state index is 11.1. The highest BCUT2D eigenvalue weighted by Crippen LogP contribution is 2.29. The van der Waals surface area contributed by atoms with E-state index in [1.54, 1.807) is 18.2 Å². The topological polar surface area (TPSA) is 62.7 Å². The molecule has 1 N–H and O–H groups in total. The van der Waals surface area contributed by atoms with Crippen LogP contribution in [0.25, 0.3) is 10.8 Å². The number of carboxylic acids is 1. The molecule has 20 heavy (non-hydrogen) atoms. The fraction of sp³-hybridized carbons (Fsp3) is 0.333. The molecule has 0 aliphatic rings. The van der Waals surface area contributed by atoms with Crippen LogP contribution in [0.4, 0.5) is 5.82 Å². The van der Waals surface area contributed by atoms with Gasteiger partial charge in [0.25, 0.3) is 0 Å². The number of nitrogens with zero attached hydrogens (tertiary/aromatic N) is 2. The number of carboxylic acid groups (broad SMARTS) is 1. The second kappa shape index (κ2) is 5.77. The van der Waals surface area contributed by atoms with Crippen molar-refractivity contribution in [1.29, 1.82) is 0 Å². The van der Waals surface area contributed by atoms with E-state index in [0.29, 0.717) is 5.82 Å². The van der Waals surface area contributed by atoms with Crippen LogP contribution in [0.3, 0.4) is 0 Å². The smallest absolute Gasteiger partial charge is 0.323 e. The molecule has 0 aliphatic heterocycles. The van der Waals surface area contributed by atoms with E-state index in [4.69, 9.17) is 9.84 Å². The van der Waals surface area contributed by atoms with Crippen LogP contribution >= 0.6 is 0 Å². The first kappa shape index (κ1) is 14.1. The Morgan fingerprint density at radius 1 is 1.40 bits per heavy atom. The number of fused-ring (bicyclic) bond motifs is 1. The van der Waals surface area contributed by atoms with Gasteiger partial charge in [0.2, 0.25) is 0 Å². The summed E-state index contributed by atoms with van der Waals surface area (Å²) >= 11 is 0. The van der Waals surface area contributed by atoms with Crippen LogP contribution in [0.1, 0.15) is 13.8 Å². The van der Waals surface area contributed by atoms with Gasteiger partial charge in [-0.1, -0.05) is 6.07 Å². The summed E-state index contributed by atoms with van der Waals surface area (Å²) in [6.45, 7) is 3.81. The summed E-state index contributed by atoms with van der Waals surface area (Å²) in [5.74, 6) is 0.519. The second-order valence-electron chi connectivity index (χ2n) is 4.84. The number of hydrogen-bond acceptors (Lipinski definition) is 4. The van der Waals surface area contributed by atoms with E-state index in [9.17, 15) is 4.79 Å². The van der Waals surface area contributed by atoms with E-state index in [1.165, 1.54) is 0 Å². The number of aromatic nitrogens is 1. The Morgan fingerprint density at radius 2 is 2.15 bits per heavy atom. The molecule has 0 aliphatic carbocycles. The number of pyridine rings is 1. The van der Waals surface area contributed by atoms with E-state index >= 15 is 0 Å². The van der Waals surface area contributed by atoms with Gasteiger partial charge in [-0.15, -0.1) is 0 Å². The van der Waals surface area contributed by atoms with Crippen molar-refractivity contribution in [3.8, 4) is 5.75 Å². The average molecular weight is 274 g/mol. The minimum absolute atomic E-state index is 0.0374. The molecule has 0 radical (unpaired) electrons. The lowest BCUT2D eigenvalue weighted by molar-refractivity contribution is -0.135. The lowest BCUT2D eigenvalue weighted by Crippen LogP contribution is -2.36. The number of hydrogen-bond donors (Lipinski definition) is 1. The molecule has 5 heteroatoms. The maximum atomic E-state index is 11.1. The quantitative estimate of drug-likeness (QED) is 0.907. The minimum Gasteiger partial charge on any atom is -0.497 e. The van der Waals surface area contributed by atoms with Gasteiger partial charge in [-0.3, -0.25) is 4.79 Å². The zero-order valence-electron chi connectivity index (χ0n) is 11.8. The van der Waals surface area contributed by atoms with Crippen molar-refractivity contribution in [3.05, 3.63) is 30.5 Å². The van der Waals surface area contributed by atoms with Crippen molar-refractivity contribution in [2.24, 2.45) is 0 Å². The monoisotopic (exact) mass is 274 g/mol. The van der Waals surface area contributed by atoms with Gasteiger partial charge in [-0.2, -0.15) is 0 Å². The molecule has 2 aromatic rings. The van der Waals surface area contributed by atoms with Gasteiger partial charge in [0.1, 0.15) is 18.1 Å². The summed E-state index contributed by atoms with van der Waals surface area (Å²) in [7, 11) is 1.61. The number of anilines is 1. The van der Waals surface area contributed by atoms with Crippen molar-refractivity contribution in [3.63, 3.8) is 0 Å². The number of carbonyl (C=O) groups is 1. The Morgan fingerprint density at radius 3 is 2.75 bits per heavy atom. The zero-order valence-corrected chi connectivity index (χ0v) is 11.8. The van der Waals surface area contributed by atoms with E-state index in [1.807, 2.05) is 38.1 Å². The molecular formula is C15H18N2O3. The highest BCUT2D eigenvalue weighted by molar-refractivity contribution is 5.94. The standard InChI is InChI=1S/C15H18N2O3/c1-10(2)17(9-14(18)19)15-13-8-12(20-3)5-4-11(13)6-7-16-15/h4-8,10H,9H2,1-3H3,(H,18,19). The van der Waals surface area contributed by atoms with Gasteiger partial charge >= 0.3 is 5.97 Å². The molecule has 0 atom stereocenters. The van der Waals surface area contributed by atoms with Crippen LogP contribution in [0.5, 0.6) is 5.75 Å². The van der Waals surface area contributed by atoms with Crippen LogP contribution in [0.15, 0.2) is 30.5 Å². The second-order valence-corrected chi connectivity index (χ2v) is 4.84. The predicted octanol–water partition coefficient (Wildman–Crippen LogP) is 2.54. The molecule has 0 bridgehead atoms. The summed E-state index contributed by atoms with van der Waals surface area (Å²) < 4.78 is 5.24. The van der Waals surface area contributed by atoms with Crippen molar-refractivity contribution in [1.82, 2.24) is 4.98 Å². The van der Waals surface area contributed by atoms with Crippen LogP contribution in [0.2, 0.25) is 0 Å². The lowest BCUT2D eigenvalue weighted by atomic mass is 10.1. The van der Waals surface area contributed by atoms with E-state index < -0.39 is 5.97 Å². The van der Waals surface area contributed by atoms with E-state index in [0.717, 1.165) is 16.5 Å². The molecule has 0 fully saturated rings. The first-order valence-electron chi connectivity index (χ1n) is 6.44. The van der Waals surface area contributed by atoms with Gasteiger partial charge in [0.05, 0.1) is 7.11 Å². The number of rotatable bonds is 5. The zero-order chi connectivity index (χ0) is 14.7. The van der Waals surface area contributed by atoms with Gasteiger partial charge < -0.3 is 14.7 Å². The van der Waals surface area contributed by atoms with Crippen molar-refractivity contribution in [2.75, 3.05) is 18.6 Å². The van der Waals surface area contributed by atoms with Crippen LogP contribution in [-0.2, 0) is 4.79 Å². The normalized spacial score (nSPS) is 10.8. The molecule has 0 amide bonds. The van der Waals surface area contributed by atoms with Crippen molar-refractivity contribution < 1.29 is 14.6 Å². The maximum Gasteiger partial charge on any atom is 0.323 e. The summed E-state index contributed by atoms with van der Waals surface area (Å²) in [4.78, 5) is 17.2. The molecule has 1 heterocycles. The SMILES string of the molecule is COc1ccc2ccnc(N(CC(=O)O)C(C)C)c2c1. The molecule has 0 spiro atoms. The molecule has 1 aromatic carbocycles. The molecule has 106 valence electrons. The molecule has 5 nitrogen and oxygen atoms in total. The Kier molecular flexibility index (Phi) is 4.08. The molecule has 0 unspecified atom stereocenters. The minimum atomic E-state index is -0.875. The van der Waals surface area contributed by atoms with E-state index in [2.05, 4.69) is 4.98 Å². The Bertz CT molecular complexity index is 626. The van der Waals surface area contributed by atoms with Crippen molar-refractivity contribution >= 4 is 22.6 Å². The largest absolute Gasteiger partial charge is 0.497 e. The summed E-state index contributed by atoms with van der Waals surface area (Å²) in [5, 5.41) is 11.0. The number of aliphatic carboxylic acids is 1. The van der Waals surface area contributed by atoms with Crippen LogP contribution in [-0.4, -0.2) is 35.8 Å². The first-order valence-corrected chi connectivity index (χ1v) is 6.44. The first-order chi connectivity index (χ1) is 9.52. The third-order valence-corrected chi connectivity index (χ3v) is 3.15. The Balaban J connectivity index is 2.58. The molecule has 2 rings (SSSR count). The number of ether oxygens (including phenoxy) is 1. The molecule has 0 saturated carbocycles. The lowest BCUT2D eigenvalue weighted by Gasteiger charge is -2.27. The summed E-state index contributed by atoms with van der Waals surface area (Å²) in [6, 6.07) is 7.64. The summed E-state index contributed by atoms with van der Waals surface area (Å²) in [6.07, 6.45) is 1.70. The van der Waals surface area contributed by atoms with Crippen LogP contribution in [0, 0.1) is 0 Å². The van der Waals surface area contributed by atoms with Gasteiger partial charge in [-0.05, 0) is 37.4 Å². The number of methoxy groups -OCH3 is 1. The average Bonchev–Trinajstić information content (AvgIpc) is 2.43. The van der Waals surface area contributed by atoms with Crippen molar-refractivity contribution in [2.45, 2.75) is 19.9 Å². The van der Waals surface area contributed by atoms with Gasteiger partial charge in [0.15, 0.2) is 0 Å². The third kappa shape index (κ3) is 2.82. The van der Waals surface area contributed by atoms with Gasteiger partial charge in [0, 0.05) is 17.6 Å². The molecule has 1 aromatic heterocycles. The fourth-order valence-corrected chi connectivity index (χ4v) is 2.14. The predicted molar refractivity (Wildman–Crippen MR) is 78.4 cm³/mol. The highest BCUT2D eigenvalue weighted by Gasteiger charge is 2.18. The Labute approximate surface area is 117 Å². The fourth-order valence-electron chi connectivity index (χ4n) is 2.14. The number of benzene rings is 1. The summed E-state index contributed by atoms with van der Waals surface area (Å²) in [5.41, 5.74) is 0. The van der Waals surface area contributed by atoms with Crippen LogP contribution < -0.4 is 9.64 Å². The van der Waals surface area contributed by atoms with Gasteiger partial charge in [-0.25, -0.2) is 4.98 Å². The molecular weight excluding hydrogens is 256 g/mol.